The molecule has 0 atom stereocenters. The van der Waals surface area contributed by atoms with Crippen molar-refractivity contribution in [3.05, 3.63) is 53.1 Å². The quantitative estimate of drug-likeness (QED) is 0.878. The zero-order chi connectivity index (χ0) is 13.8. The van der Waals surface area contributed by atoms with Crippen molar-refractivity contribution in [3.8, 4) is 11.5 Å². The molecule has 0 unspecified atom stereocenters. The summed E-state index contributed by atoms with van der Waals surface area (Å²) >= 11 is 0. The molecule has 0 aliphatic carbocycles. The van der Waals surface area contributed by atoms with E-state index in [0.717, 1.165) is 28.1 Å². The first-order valence-electron chi connectivity index (χ1n) is 6.28. The summed E-state index contributed by atoms with van der Waals surface area (Å²) in [6.45, 7) is 4.50. The van der Waals surface area contributed by atoms with Crippen molar-refractivity contribution in [2.45, 2.75) is 20.4 Å². The lowest BCUT2D eigenvalue weighted by Crippen LogP contribution is -2.01. The number of phenolic OH excluding ortho intramolecular Hbond substituents is 1. The smallest absolute Gasteiger partial charge is 0.123 e. The Hall–Kier alpha value is -2.16. The number of hydrogen-bond acceptors (Lipinski definition) is 3. The predicted molar refractivity (Wildman–Crippen MR) is 77.9 cm³/mol. The summed E-state index contributed by atoms with van der Waals surface area (Å²) in [5.74, 6) is 1.24. The maximum absolute atomic E-state index is 9.95. The Morgan fingerprint density at radius 3 is 2.58 bits per heavy atom. The minimum Gasteiger partial charge on any atom is -0.507 e. The Bertz CT molecular complexity index is 579. The van der Waals surface area contributed by atoms with Gasteiger partial charge in [0, 0.05) is 17.8 Å². The number of anilines is 1. The van der Waals surface area contributed by atoms with Crippen LogP contribution in [0, 0.1) is 13.8 Å². The van der Waals surface area contributed by atoms with E-state index in [1.54, 1.807) is 7.11 Å². The lowest BCUT2D eigenvalue weighted by Gasteiger charge is -2.11. The van der Waals surface area contributed by atoms with E-state index < -0.39 is 0 Å². The number of aryl methyl sites for hydroxylation is 2. The number of aromatic hydroxyl groups is 1. The van der Waals surface area contributed by atoms with Gasteiger partial charge >= 0.3 is 0 Å². The molecule has 0 spiro atoms. The molecule has 19 heavy (non-hydrogen) atoms. The minimum absolute atomic E-state index is 0.361. The van der Waals surface area contributed by atoms with E-state index in [-0.39, 0.29) is 0 Å². The lowest BCUT2D eigenvalue weighted by molar-refractivity contribution is 0.412. The first kappa shape index (κ1) is 13.3. The number of benzene rings is 2. The van der Waals surface area contributed by atoms with Gasteiger partial charge in [0.05, 0.1) is 7.11 Å². The summed E-state index contributed by atoms with van der Waals surface area (Å²) in [6.07, 6.45) is 0. The van der Waals surface area contributed by atoms with Gasteiger partial charge in [-0.3, -0.25) is 0 Å². The molecule has 0 aliphatic heterocycles. The molecule has 0 saturated heterocycles. The van der Waals surface area contributed by atoms with E-state index in [2.05, 4.69) is 5.32 Å². The van der Waals surface area contributed by atoms with E-state index in [9.17, 15) is 5.11 Å². The molecule has 0 aliphatic rings. The molecule has 0 heterocycles. The van der Waals surface area contributed by atoms with Gasteiger partial charge in [-0.05, 0) is 43.2 Å². The van der Waals surface area contributed by atoms with Crippen LogP contribution in [0.2, 0.25) is 0 Å². The van der Waals surface area contributed by atoms with Crippen LogP contribution in [-0.4, -0.2) is 12.2 Å². The summed E-state index contributed by atoms with van der Waals surface area (Å²) in [7, 11) is 1.67. The van der Waals surface area contributed by atoms with Gasteiger partial charge in [0.25, 0.3) is 0 Å². The van der Waals surface area contributed by atoms with E-state index >= 15 is 0 Å². The van der Waals surface area contributed by atoms with Gasteiger partial charge in [0.1, 0.15) is 11.5 Å². The third kappa shape index (κ3) is 2.99. The van der Waals surface area contributed by atoms with Gasteiger partial charge < -0.3 is 15.2 Å². The Balaban J connectivity index is 2.10. The number of ether oxygens (including phenoxy) is 1. The summed E-state index contributed by atoms with van der Waals surface area (Å²) in [4.78, 5) is 0. The van der Waals surface area contributed by atoms with Crippen molar-refractivity contribution in [1.82, 2.24) is 0 Å². The number of phenols is 1. The predicted octanol–water partition coefficient (Wildman–Crippen LogP) is 3.63. The van der Waals surface area contributed by atoms with Gasteiger partial charge in [0.2, 0.25) is 0 Å². The van der Waals surface area contributed by atoms with Gasteiger partial charge in [-0.25, -0.2) is 0 Å². The summed E-state index contributed by atoms with van der Waals surface area (Å²) < 4.78 is 5.23. The largest absolute Gasteiger partial charge is 0.507 e. The van der Waals surface area contributed by atoms with Crippen LogP contribution in [0.15, 0.2) is 36.4 Å². The van der Waals surface area contributed by atoms with Gasteiger partial charge in [-0.15, -0.1) is 0 Å². The fourth-order valence-electron chi connectivity index (χ4n) is 2.05. The molecule has 100 valence electrons. The molecular weight excluding hydrogens is 238 g/mol. The molecule has 3 nitrogen and oxygen atoms in total. The second-order valence-electron chi connectivity index (χ2n) is 4.62. The summed E-state index contributed by atoms with van der Waals surface area (Å²) in [5, 5.41) is 13.3. The number of methoxy groups -OCH3 is 1. The zero-order valence-electron chi connectivity index (χ0n) is 11.5. The number of nitrogens with one attached hydrogen (secondary N) is 1. The highest BCUT2D eigenvalue weighted by Crippen LogP contribution is 2.24. The van der Waals surface area contributed by atoms with Crippen LogP contribution in [0.5, 0.6) is 11.5 Å². The normalized spacial score (nSPS) is 10.3. The van der Waals surface area contributed by atoms with Crippen molar-refractivity contribution in [2.24, 2.45) is 0 Å². The summed E-state index contributed by atoms with van der Waals surface area (Å²) in [5.41, 5.74) is 3.89. The molecule has 2 rings (SSSR count). The van der Waals surface area contributed by atoms with Crippen LogP contribution >= 0.6 is 0 Å². The molecular formula is C16H19NO2. The number of para-hydroxylation sites is 1. The van der Waals surface area contributed by atoms with Crippen molar-refractivity contribution in [1.29, 1.82) is 0 Å². The first-order chi connectivity index (χ1) is 9.11. The Labute approximate surface area is 113 Å². The van der Waals surface area contributed by atoms with E-state index in [1.165, 1.54) is 0 Å². The second kappa shape index (κ2) is 5.65. The lowest BCUT2D eigenvalue weighted by atomic mass is 10.1. The molecule has 0 radical (unpaired) electrons. The third-order valence-corrected chi connectivity index (χ3v) is 3.20. The van der Waals surface area contributed by atoms with Gasteiger partial charge in [-0.2, -0.15) is 0 Å². The van der Waals surface area contributed by atoms with E-state index in [1.807, 2.05) is 50.2 Å². The van der Waals surface area contributed by atoms with Crippen LogP contribution in [0.1, 0.15) is 16.7 Å². The van der Waals surface area contributed by atoms with Crippen LogP contribution < -0.4 is 10.1 Å². The van der Waals surface area contributed by atoms with Crippen LogP contribution in [0.25, 0.3) is 0 Å². The monoisotopic (exact) mass is 257 g/mol. The molecule has 2 N–H and O–H groups in total. The first-order valence-corrected chi connectivity index (χ1v) is 6.28. The fraction of sp³-hybridized carbons (Fsp3) is 0.250. The van der Waals surface area contributed by atoms with Crippen LogP contribution in [-0.2, 0) is 6.54 Å². The minimum atomic E-state index is 0.361. The molecule has 0 fully saturated rings. The molecule has 2 aromatic rings. The maximum atomic E-state index is 9.95. The SMILES string of the molecule is COc1ccc(NCc2cccc(C)c2O)cc1C. The maximum Gasteiger partial charge on any atom is 0.123 e. The average Bonchev–Trinajstić information content (AvgIpc) is 2.40. The Kier molecular flexibility index (Phi) is 3.95. The third-order valence-electron chi connectivity index (χ3n) is 3.20. The molecule has 0 aromatic heterocycles. The zero-order valence-corrected chi connectivity index (χ0v) is 11.5. The average molecular weight is 257 g/mol. The highest BCUT2D eigenvalue weighted by Gasteiger charge is 2.04. The molecule has 0 saturated carbocycles. The van der Waals surface area contributed by atoms with Crippen molar-refractivity contribution < 1.29 is 9.84 Å². The summed E-state index contributed by atoms with van der Waals surface area (Å²) in [6, 6.07) is 11.7. The van der Waals surface area contributed by atoms with E-state index in [0.29, 0.717) is 12.3 Å². The van der Waals surface area contributed by atoms with Crippen LogP contribution in [0.4, 0.5) is 5.69 Å². The standard InChI is InChI=1S/C16H19NO2/c1-11-5-4-6-13(16(11)18)10-17-14-7-8-15(19-3)12(2)9-14/h4-9,17-18H,10H2,1-3H3. The fourth-order valence-corrected chi connectivity index (χ4v) is 2.05. The van der Waals surface area contributed by atoms with Gasteiger partial charge in [-0.1, -0.05) is 18.2 Å². The highest BCUT2D eigenvalue weighted by atomic mass is 16.5. The van der Waals surface area contributed by atoms with Crippen molar-refractivity contribution in [3.63, 3.8) is 0 Å². The number of hydrogen-bond donors (Lipinski definition) is 2. The number of rotatable bonds is 4. The second-order valence-corrected chi connectivity index (χ2v) is 4.62. The molecule has 0 bridgehead atoms. The molecule has 2 aromatic carbocycles. The Morgan fingerprint density at radius 1 is 1.11 bits per heavy atom. The van der Waals surface area contributed by atoms with Gasteiger partial charge in [0.15, 0.2) is 0 Å². The van der Waals surface area contributed by atoms with Crippen molar-refractivity contribution in [2.75, 3.05) is 12.4 Å². The molecule has 0 amide bonds. The van der Waals surface area contributed by atoms with Crippen molar-refractivity contribution >= 4 is 5.69 Å². The van der Waals surface area contributed by atoms with E-state index in [4.69, 9.17) is 4.74 Å². The van der Waals surface area contributed by atoms with Crippen LogP contribution in [0.3, 0.4) is 0 Å². The highest BCUT2D eigenvalue weighted by molar-refractivity contribution is 5.52. The topological polar surface area (TPSA) is 41.5 Å². The Morgan fingerprint density at radius 2 is 1.89 bits per heavy atom. The molecule has 3 heteroatoms.